The molecule has 0 saturated carbocycles. The van der Waals surface area contributed by atoms with Crippen molar-refractivity contribution in [2.45, 2.75) is 33.1 Å². The zero-order valence-corrected chi connectivity index (χ0v) is 17.7. The summed E-state index contributed by atoms with van der Waals surface area (Å²) in [4.78, 5) is 27.0. The zero-order chi connectivity index (χ0) is 21.2. The van der Waals surface area contributed by atoms with Gasteiger partial charge in [-0.25, -0.2) is 0 Å². The molecule has 156 valence electrons. The summed E-state index contributed by atoms with van der Waals surface area (Å²) < 4.78 is 5.27. The third kappa shape index (κ3) is 6.91. The van der Waals surface area contributed by atoms with E-state index < -0.39 is 0 Å². The Labute approximate surface area is 173 Å². The van der Waals surface area contributed by atoms with Gasteiger partial charge in [0.2, 0.25) is 11.8 Å². The van der Waals surface area contributed by atoms with Gasteiger partial charge in [0.05, 0.1) is 25.9 Å². The first-order valence-corrected chi connectivity index (χ1v) is 9.98. The van der Waals surface area contributed by atoms with E-state index in [4.69, 9.17) is 4.74 Å². The molecule has 0 aliphatic carbocycles. The highest BCUT2D eigenvalue weighted by Crippen LogP contribution is 2.24. The number of carbonyl (C=O) groups is 2. The molecule has 0 heterocycles. The molecule has 0 spiro atoms. The van der Waals surface area contributed by atoms with Crippen LogP contribution in [0, 0.1) is 0 Å². The molecular formula is C23H31N3O3. The van der Waals surface area contributed by atoms with Crippen molar-refractivity contribution in [1.29, 1.82) is 0 Å². The van der Waals surface area contributed by atoms with Gasteiger partial charge in [-0.15, -0.1) is 0 Å². The van der Waals surface area contributed by atoms with Gasteiger partial charge in [0.15, 0.2) is 0 Å². The van der Waals surface area contributed by atoms with Gasteiger partial charge in [-0.1, -0.05) is 51.1 Å². The van der Waals surface area contributed by atoms with Crippen LogP contribution in [0.3, 0.4) is 0 Å². The summed E-state index contributed by atoms with van der Waals surface area (Å²) in [5.74, 6) is 0.603. The third-order valence-electron chi connectivity index (χ3n) is 4.51. The maximum atomic E-state index is 12.6. The maximum Gasteiger partial charge on any atom is 0.238 e. The number of amides is 2. The number of hydrogen-bond acceptors (Lipinski definition) is 4. The maximum absolute atomic E-state index is 12.6. The zero-order valence-electron chi connectivity index (χ0n) is 17.7. The van der Waals surface area contributed by atoms with Gasteiger partial charge in [-0.05, 0) is 42.6 Å². The van der Waals surface area contributed by atoms with E-state index in [0.29, 0.717) is 23.9 Å². The van der Waals surface area contributed by atoms with Crippen molar-refractivity contribution in [2.24, 2.45) is 0 Å². The summed E-state index contributed by atoms with van der Waals surface area (Å²) in [6.07, 6.45) is 0.845. The van der Waals surface area contributed by atoms with Gasteiger partial charge in [0.25, 0.3) is 0 Å². The molecule has 0 saturated heterocycles. The Morgan fingerprint density at radius 1 is 0.931 bits per heavy atom. The first-order valence-electron chi connectivity index (χ1n) is 9.98. The van der Waals surface area contributed by atoms with Gasteiger partial charge >= 0.3 is 0 Å². The van der Waals surface area contributed by atoms with Gasteiger partial charge in [-0.3, -0.25) is 14.5 Å². The Bertz CT molecular complexity index is 821. The van der Waals surface area contributed by atoms with Gasteiger partial charge in [0, 0.05) is 5.69 Å². The van der Waals surface area contributed by atoms with Gasteiger partial charge in [0.1, 0.15) is 5.75 Å². The van der Waals surface area contributed by atoms with E-state index in [1.807, 2.05) is 48.2 Å². The SMILES string of the molecule is CCCN(CC(=O)Nc1ccccc1OC)CC(=O)Nc1ccccc1C(C)C. The van der Waals surface area contributed by atoms with Gasteiger partial charge < -0.3 is 15.4 Å². The molecule has 2 aromatic rings. The molecule has 0 atom stereocenters. The summed E-state index contributed by atoms with van der Waals surface area (Å²) in [6, 6.07) is 15.1. The number of carbonyl (C=O) groups excluding carboxylic acids is 2. The Balaban J connectivity index is 1.98. The minimum Gasteiger partial charge on any atom is -0.495 e. The van der Waals surface area contributed by atoms with Crippen LogP contribution in [0.25, 0.3) is 0 Å². The number of para-hydroxylation sites is 3. The Morgan fingerprint density at radius 3 is 2.07 bits per heavy atom. The monoisotopic (exact) mass is 397 g/mol. The molecule has 0 fully saturated rings. The smallest absolute Gasteiger partial charge is 0.238 e. The minimum atomic E-state index is -0.182. The number of nitrogens with one attached hydrogen (secondary N) is 2. The molecule has 2 rings (SSSR count). The van der Waals surface area contributed by atoms with Crippen LogP contribution in [0.15, 0.2) is 48.5 Å². The van der Waals surface area contributed by atoms with E-state index in [2.05, 4.69) is 24.5 Å². The number of hydrogen-bond donors (Lipinski definition) is 2. The summed E-state index contributed by atoms with van der Waals surface area (Å²) in [5, 5.41) is 5.85. The standard InChI is InChI=1S/C23H31N3O3/c1-5-14-26(16-23(28)25-20-12-8-9-13-21(20)29-4)15-22(27)24-19-11-7-6-10-18(19)17(2)3/h6-13,17H,5,14-16H2,1-4H3,(H,24,27)(H,25,28). The Kier molecular flexibility index (Phi) is 8.68. The highest BCUT2D eigenvalue weighted by molar-refractivity contribution is 5.95. The van der Waals surface area contributed by atoms with Crippen LogP contribution in [-0.4, -0.2) is 43.5 Å². The van der Waals surface area contributed by atoms with E-state index in [1.54, 1.807) is 19.2 Å². The predicted molar refractivity (Wildman–Crippen MR) is 118 cm³/mol. The number of rotatable bonds is 10. The molecule has 0 unspecified atom stereocenters. The van der Waals surface area contributed by atoms with Crippen molar-refractivity contribution >= 4 is 23.2 Å². The predicted octanol–water partition coefficient (Wildman–Crippen LogP) is 4.11. The van der Waals surface area contributed by atoms with E-state index in [1.165, 1.54) is 0 Å². The Morgan fingerprint density at radius 2 is 1.48 bits per heavy atom. The number of nitrogens with zero attached hydrogens (tertiary/aromatic N) is 1. The number of methoxy groups -OCH3 is 1. The molecule has 0 radical (unpaired) electrons. The van der Waals surface area contributed by atoms with E-state index in [9.17, 15) is 9.59 Å². The van der Waals surface area contributed by atoms with E-state index in [-0.39, 0.29) is 24.9 Å². The lowest BCUT2D eigenvalue weighted by Crippen LogP contribution is -2.39. The summed E-state index contributed by atoms with van der Waals surface area (Å²) in [6.45, 7) is 7.15. The van der Waals surface area contributed by atoms with Crippen LogP contribution >= 0.6 is 0 Å². The van der Waals surface area contributed by atoms with Crippen molar-refractivity contribution in [3.63, 3.8) is 0 Å². The molecule has 0 aliphatic rings. The molecule has 2 amide bonds. The average molecular weight is 398 g/mol. The van der Waals surface area contributed by atoms with Crippen LogP contribution in [0.5, 0.6) is 5.75 Å². The fourth-order valence-electron chi connectivity index (χ4n) is 3.18. The highest BCUT2D eigenvalue weighted by atomic mass is 16.5. The van der Waals surface area contributed by atoms with Crippen LogP contribution < -0.4 is 15.4 Å². The second-order valence-electron chi connectivity index (χ2n) is 7.25. The molecule has 2 aromatic carbocycles. The van der Waals surface area contributed by atoms with E-state index in [0.717, 1.165) is 17.7 Å². The second kappa shape index (κ2) is 11.2. The van der Waals surface area contributed by atoms with Crippen molar-refractivity contribution in [2.75, 3.05) is 37.4 Å². The van der Waals surface area contributed by atoms with Crippen LogP contribution in [-0.2, 0) is 9.59 Å². The summed E-state index contributed by atoms with van der Waals surface area (Å²) in [7, 11) is 1.56. The summed E-state index contributed by atoms with van der Waals surface area (Å²) in [5.41, 5.74) is 2.53. The lowest BCUT2D eigenvalue weighted by Gasteiger charge is -2.21. The lowest BCUT2D eigenvalue weighted by molar-refractivity contribution is -0.120. The first-order chi connectivity index (χ1) is 13.9. The van der Waals surface area contributed by atoms with Crippen LogP contribution in [0.4, 0.5) is 11.4 Å². The van der Waals surface area contributed by atoms with Crippen molar-refractivity contribution in [3.8, 4) is 5.75 Å². The molecule has 0 aromatic heterocycles. The first kappa shape index (κ1) is 22.4. The van der Waals surface area contributed by atoms with E-state index >= 15 is 0 Å². The minimum absolute atomic E-state index is 0.128. The van der Waals surface area contributed by atoms with Crippen LogP contribution in [0.1, 0.15) is 38.7 Å². The third-order valence-corrected chi connectivity index (χ3v) is 4.51. The largest absolute Gasteiger partial charge is 0.495 e. The van der Waals surface area contributed by atoms with Gasteiger partial charge in [-0.2, -0.15) is 0 Å². The average Bonchev–Trinajstić information content (AvgIpc) is 2.68. The fourth-order valence-corrected chi connectivity index (χ4v) is 3.18. The number of ether oxygens (including phenoxy) is 1. The molecule has 2 N–H and O–H groups in total. The molecule has 0 bridgehead atoms. The Hall–Kier alpha value is -2.86. The lowest BCUT2D eigenvalue weighted by atomic mass is 10.0. The molecule has 29 heavy (non-hydrogen) atoms. The molecule has 6 nitrogen and oxygen atoms in total. The number of benzene rings is 2. The molecular weight excluding hydrogens is 366 g/mol. The highest BCUT2D eigenvalue weighted by Gasteiger charge is 2.16. The van der Waals surface area contributed by atoms with Crippen LogP contribution in [0.2, 0.25) is 0 Å². The number of anilines is 2. The second-order valence-corrected chi connectivity index (χ2v) is 7.25. The molecule has 6 heteroatoms. The van der Waals surface area contributed by atoms with Crippen molar-refractivity contribution in [1.82, 2.24) is 4.90 Å². The topological polar surface area (TPSA) is 70.7 Å². The summed E-state index contributed by atoms with van der Waals surface area (Å²) >= 11 is 0. The quantitative estimate of drug-likeness (QED) is 0.633. The normalized spacial score (nSPS) is 10.8. The van der Waals surface area contributed by atoms with Crippen molar-refractivity contribution in [3.05, 3.63) is 54.1 Å². The fraction of sp³-hybridized carbons (Fsp3) is 0.391. The molecule has 0 aliphatic heterocycles. The van der Waals surface area contributed by atoms with Crippen molar-refractivity contribution < 1.29 is 14.3 Å².